The molecule has 3 aromatic rings. The summed E-state index contributed by atoms with van der Waals surface area (Å²) in [5, 5.41) is 11.1. The first kappa shape index (κ1) is 19.1. The van der Waals surface area contributed by atoms with Gasteiger partial charge in [0.05, 0.1) is 12.3 Å². The van der Waals surface area contributed by atoms with Crippen molar-refractivity contribution in [2.75, 3.05) is 6.61 Å². The molecule has 0 unspecified atom stereocenters. The molecule has 0 atom stereocenters. The SMILES string of the molecule is CCOc1ccc(-n2nnc3c(=O)n(CC(=O)NC4CCCCC4)cnc32)cc1. The van der Waals surface area contributed by atoms with Crippen molar-refractivity contribution >= 4 is 17.1 Å². The predicted molar refractivity (Wildman–Crippen MR) is 107 cm³/mol. The molecular formula is C20H24N6O3. The number of amides is 1. The Morgan fingerprint density at radius 1 is 1.21 bits per heavy atom. The first-order valence-electron chi connectivity index (χ1n) is 9.99. The van der Waals surface area contributed by atoms with E-state index in [4.69, 9.17) is 4.74 Å². The van der Waals surface area contributed by atoms with Gasteiger partial charge in [-0.1, -0.05) is 24.5 Å². The van der Waals surface area contributed by atoms with Crippen LogP contribution in [0.4, 0.5) is 0 Å². The molecule has 0 spiro atoms. The molecule has 0 bridgehead atoms. The normalized spacial score (nSPS) is 14.8. The Labute approximate surface area is 167 Å². The van der Waals surface area contributed by atoms with Gasteiger partial charge >= 0.3 is 0 Å². The lowest BCUT2D eigenvalue weighted by Gasteiger charge is -2.22. The third-order valence-corrected chi connectivity index (χ3v) is 5.11. The van der Waals surface area contributed by atoms with E-state index >= 15 is 0 Å². The molecule has 2 aromatic heterocycles. The zero-order valence-electron chi connectivity index (χ0n) is 16.4. The second kappa shape index (κ2) is 8.42. The Hall–Kier alpha value is -3.23. The Kier molecular flexibility index (Phi) is 5.55. The number of nitrogens with zero attached hydrogens (tertiary/aromatic N) is 5. The van der Waals surface area contributed by atoms with Crippen LogP contribution in [0.25, 0.3) is 16.9 Å². The Morgan fingerprint density at radius 3 is 2.69 bits per heavy atom. The molecule has 152 valence electrons. The van der Waals surface area contributed by atoms with E-state index in [0.717, 1.165) is 37.1 Å². The highest BCUT2D eigenvalue weighted by atomic mass is 16.5. The summed E-state index contributed by atoms with van der Waals surface area (Å²) >= 11 is 0. The minimum atomic E-state index is -0.383. The number of hydrogen-bond donors (Lipinski definition) is 1. The number of benzene rings is 1. The number of aromatic nitrogens is 5. The van der Waals surface area contributed by atoms with Crippen LogP contribution in [-0.2, 0) is 11.3 Å². The lowest BCUT2D eigenvalue weighted by atomic mass is 9.95. The van der Waals surface area contributed by atoms with E-state index in [1.54, 1.807) is 0 Å². The first-order valence-corrected chi connectivity index (χ1v) is 9.99. The summed E-state index contributed by atoms with van der Waals surface area (Å²) in [5.74, 6) is 0.569. The standard InChI is InChI=1S/C20H24N6O3/c1-2-29-16-10-8-15(9-11-16)26-19-18(23-24-26)20(28)25(13-21-19)12-17(27)22-14-6-4-3-5-7-14/h8-11,13-14H,2-7,12H2,1H3,(H,22,27). The van der Waals surface area contributed by atoms with Gasteiger partial charge in [-0.25, -0.2) is 4.98 Å². The summed E-state index contributed by atoms with van der Waals surface area (Å²) in [5.41, 5.74) is 0.816. The number of rotatable bonds is 6. The summed E-state index contributed by atoms with van der Waals surface area (Å²) in [6, 6.07) is 7.49. The predicted octanol–water partition coefficient (Wildman–Crippen LogP) is 1.82. The minimum Gasteiger partial charge on any atom is -0.494 e. The quantitative estimate of drug-likeness (QED) is 0.682. The lowest BCUT2D eigenvalue weighted by molar-refractivity contribution is -0.122. The van der Waals surface area contributed by atoms with Crippen molar-refractivity contribution in [3.63, 3.8) is 0 Å². The van der Waals surface area contributed by atoms with E-state index in [9.17, 15) is 9.59 Å². The fourth-order valence-electron chi connectivity index (χ4n) is 3.66. The summed E-state index contributed by atoms with van der Waals surface area (Å²) in [7, 11) is 0. The van der Waals surface area contributed by atoms with Gasteiger partial charge in [0.25, 0.3) is 5.56 Å². The molecular weight excluding hydrogens is 372 g/mol. The van der Waals surface area contributed by atoms with Crippen molar-refractivity contribution in [2.24, 2.45) is 0 Å². The molecule has 1 aromatic carbocycles. The number of hydrogen-bond acceptors (Lipinski definition) is 6. The lowest BCUT2D eigenvalue weighted by Crippen LogP contribution is -2.39. The molecule has 4 rings (SSSR count). The van der Waals surface area contributed by atoms with Crippen molar-refractivity contribution in [3.05, 3.63) is 40.9 Å². The molecule has 0 aliphatic heterocycles. The number of carbonyl (C=O) groups excluding carboxylic acids is 1. The van der Waals surface area contributed by atoms with Crippen LogP contribution in [0.5, 0.6) is 5.75 Å². The molecule has 9 nitrogen and oxygen atoms in total. The highest BCUT2D eigenvalue weighted by Gasteiger charge is 2.18. The number of carbonyl (C=O) groups is 1. The third-order valence-electron chi connectivity index (χ3n) is 5.11. The molecule has 1 N–H and O–H groups in total. The first-order chi connectivity index (χ1) is 14.2. The van der Waals surface area contributed by atoms with Crippen LogP contribution in [0.3, 0.4) is 0 Å². The van der Waals surface area contributed by atoms with Crippen LogP contribution in [-0.4, -0.2) is 43.1 Å². The largest absolute Gasteiger partial charge is 0.494 e. The molecule has 1 fully saturated rings. The van der Waals surface area contributed by atoms with Crippen LogP contribution >= 0.6 is 0 Å². The van der Waals surface area contributed by atoms with Crippen LogP contribution in [0, 0.1) is 0 Å². The Bertz CT molecular complexity index is 1050. The van der Waals surface area contributed by atoms with Gasteiger partial charge in [0.2, 0.25) is 5.91 Å². The van der Waals surface area contributed by atoms with Gasteiger partial charge in [-0.15, -0.1) is 5.10 Å². The van der Waals surface area contributed by atoms with Gasteiger partial charge in [-0.05, 0) is 44.0 Å². The minimum absolute atomic E-state index is 0.0752. The maximum Gasteiger partial charge on any atom is 0.284 e. The van der Waals surface area contributed by atoms with Gasteiger partial charge in [0.1, 0.15) is 18.6 Å². The number of nitrogens with one attached hydrogen (secondary N) is 1. The monoisotopic (exact) mass is 396 g/mol. The van der Waals surface area contributed by atoms with Gasteiger partial charge in [-0.2, -0.15) is 4.68 Å². The third kappa shape index (κ3) is 4.13. The van der Waals surface area contributed by atoms with Gasteiger partial charge in [0.15, 0.2) is 11.2 Å². The summed E-state index contributed by atoms with van der Waals surface area (Å²) in [4.78, 5) is 29.4. The summed E-state index contributed by atoms with van der Waals surface area (Å²) in [6.07, 6.45) is 6.85. The van der Waals surface area contributed by atoms with Crippen molar-refractivity contribution in [3.8, 4) is 11.4 Å². The summed E-state index contributed by atoms with van der Waals surface area (Å²) < 4.78 is 8.21. The van der Waals surface area contributed by atoms with Crippen LogP contribution in [0.2, 0.25) is 0 Å². The van der Waals surface area contributed by atoms with Crippen molar-refractivity contribution in [1.82, 2.24) is 29.9 Å². The van der Waals surface area contributed by atoms with Gasteiger partial charge in [0, 0.05) is 6.04 Å². The second-order valence-corrected chi connectivity index (χ2v) is 7.18. The fraction of sp³-hybridized carbons (Fsp3) is 0.450. The van der Waals surface area contributed by atoms with E-state index in [0.29, 0.717) is 12.3 Å². The van der Waals surface area contributed by atoms with E-state index < -0.39 is 0 Å². The molecule has 0 radical (unpaired) electrons. The number of fused-ring (bicyclic) bond motifs is 1. The van der Waals surface area contributed by atoms with E-state index in [2.05, 4.69) is 20.6 Å². The van der Waals surface area contributed by atoms with Crippen molar-refractivity contribution in [1.29, 1.82) is 0 Å². The Morgan fingerprint density at radius 2 is 1.97 bits per heavy atom. The highest BCUT2D eigenvalue weighted by Crippen LogP contribution is 2.18. The molecule has 1 aliphatic carbocycles. The maximum atomic E-state index is 12.7. The van der Waals surface area contributed by atoms with Gasteiger partial charge in [-0.3, -0.25) is 14.2 Å². The van der Waals surface area contributed by atoms with E-state index in [-0.39, 0.29) is 29.6 Å². The molecule has 29 heavy (non-hydrogen) atoms. The fourth-order valence-corrected chi connectivity index (χ4v) is 3.66. The van der Waals surface area contributed by atoms with Gasteiger partial charge < -0.3 is 10.1 Å². The zero-order valence-corrected chi connectivity index (χ0v) is 16.4. The molecule has 0 saturated heterocycles. The maximum absolute atomic E-state index is 12.7. The smallest absolute Gasteiger partial charge is 0.284 e. The topological polar surface area (TPSA) is 104 Å². The van der Waals surface area contributed by atoms with E-state index in [1.807, 2.05) is 31.2 Å². The Balaban J connectivity index is 1.54. The molecule has 1 amide bonds. The summed E-state index contributed by atoms with van der Waals surface area (Å²) in [6.45, 7) is 2.43. The molecule has 1 saturated carbocycles. The van der Waals surface area contributed by atoms with Crippen LogP contribution < -0.4 is 15.6 Å². The van der Waals surface area contributed by atoms with Crippen molar-refractivity contribution < 1.29 is 9.53 Å². The molecule has 1 aliphatic rings. The molecule has 2 heterocycles. The van der Waals surface area contributed by atoms with E-state index in [1.165, 1.54) is 22.0 Å². The zero-order chi connectivity index (χ0) is 20.2. The number of ether oxygens (including phenoxy) is 1. The van der Waals surface area contributed by atoms with Crippen LogP contribution in [0.15, 0.2) is 35.4 Å². The second-order valence-electron chi connectivity index (χ2n) is 7.18. The average Bonchev–Trinajstić information content (AvgIpc) is 3.16. The van der Waals surface area contributed by atoms with Crippen molar-refractivity contribution in [2.45, 2.75) is 51.6 Å². The highest BCUT2D eigenvalue weighted by molar-refractivity contribution is 5.77. The van der Waals surface area contributed by atoms with Crippen LogP contribution in [0.1, 0.15) is 39.0 Å². The molecule has 9 heteroatoms. The average molecular weight is 396 g/mol.